The number of imidazole rings is 1. The second-order valence-corrected chi connectivity index (χ2v) is 4.11. The zero-order valence-electron chi connectivity index (χ0n) is 11.1. The van der Waals surface area contributed by atoms with Crippen LogP contribution in [0.3, 0.4) is 0 Å². The molecule has 1 aromatic carbocycles. The molecule has 0 radical (unpaired) electrons. The number of nitrogens with zero attached hydrogens (tertiary/aromatic N) is 2. The quantitative estimate of drug-likeness (QED) is 0.831. The maximum atomic E-state index is 9.84. The molecule has 2 N–H and O–H groups in total. The van der Waals surface area contributed by atoms with E-state index in [1.807, 2.05) is 40.3 Å². The van der Waals surface area contributed by atoms with E-state index in [-0.39, 0.29) is 6.90 Å². The first-order chi connectivity index (χ1) is 8.69. The molecule has 0 fully saturated rings. The van der Waals surface area contributed by atoms with E-state index >= 15 is 0 Å². The van der Waals surface area contributed by atoms with Crippen molar-refractivity contribution in [3.05, 3.63) is 29.9 Å². The molecule has 0 bridgehead atoms. The zero-order valence-corrected chi connectivity index (χ0v) is 10.1. The fraction of sp³-hybridized carbons (Fsp3) is 0.462. The third-order valence-corrected chi connectivity index (χ3v) is 3.02. The van der Waals surface area contributed by atoms with Gasteiger partial charge in [-0.3, -0.25) is 5.41 Å². The Hall–Kier alpha value is -1.55. The highest BCUT2D eigenvalue weighted by Crippen LogP contribution is 2.13. The lowest BCUT2D eigenvalue weighted by molar-refractivity contribution is 0.149. The molecule has 0 aliphatic rings. The molecule has 4 nitrogen and oxygen atoms in total. The van der Waals surface area contributed by atoms with Crippen LogP contribution in [0.4, 0.5) is 0 Å². The second-order valence-electron chi connectivity index (χ2n) is 4.11. The van der Waals surface area contributed by atoms with E-state index in [1.165, 1.54) is 0 Å². The maximum Gasteiger partial charge on any atom is 0.203 e. The third-order valence-electron chi connectivity index (χ3n) is 3.02. The Balaban J connectivity index is 2.50. The summed E-state index contributed by atoms with van der Waals surface area (Å²) in [5, 5.41) is 18.0. The summed E-state index contributed by atoms with van der Waals surface area (Å²) >= 11 is 0. The van der Waals surface area contributed by atoms with Gasteiger partial charge in [0.15, 0.2) is 0 Å². The van der Waals surface area contributed by atoms with Crippen molar-refractivity contribution in [2.45, 2.75) is 39.4 Å². The molecule has 92 valence electrons. The fourth-order valence-electron chi connectivity index (χ4n) is 2.10. The van der Waals surface area contributed by atoms with Crippen LogP contribution in [0.25, 0.3) is 11.0 Å². The van der Waals surface area contributed by atoms with Crippen LogP contribution in [-0.4, -0.2) is 20.3 Å². The molecule has 2 aromatic rings. The first-order valence-corrected chi connectivity index (χ1v) is 5.89. The van der Waals surface area contributed by atoms with Gasteiger partial charge in [0, 0.05) is 7.92 Å². The SMILES string of the molecule is [2H]CCC(O)Cn1c(=N)n(CC)c2ccccc21. The van der Waals surface area contributed by atoms with E-state index in [9.17, 15) is 5.11 Å². The molecule has 1 atom stereocenters. The third kappa shape index (κ3) is 2.00. The van der Waals surface area contributed by atoms with Crippen molar-refractivity contribution in [3.8, 4) is 0 Å². The van der Waals surface area contributed by atoms with Gasteiger partial charge in [-0.1, -0.05) is 19.0 Å². The number of hydrogen-bond donors (Lipinski definition) is 2. The van der Waals surface area contributed by atoms with E-state index in [0.29, 0.717) is 18.6 Å². The van der Waals surface area contributed by atoms with E-state index in [0.717, 1.165) is 17.6 Å². The van der Waals surface area contributed by atoms with E-state index < -0.39 is 6.10 Å². The molecule has 1 aromatic heterocycles. The Kier molecular flexibility index (Phi) is 2.96. The van der Waals surface area contributed by atoms with Crippen molar-refractivity contribution in [1.82, 2.24) is 9.13 Å². The van der Waals surface area contributed by atoms with E-state index in [4.69, 9.17) is 6.78 Å². The maximum absolute atomic E-state index is 9.84. The number of nitrogens with one attached hydrogen (secondary N) is 1. The number of aliphatic hydroxyl groups excluding tert-OH is 1. The van der Waals surface area contributed by atoms with Gasteiger partial charge < -0.3 is 14.2 Å². The summed E-state index contributed by atoms with van der Waals surface area (Å²) < 4.78 is 10.9. The van der Waals surface area contributed by atoms with Crippen molar-refractivity contribution in [1.29, 1.82) is 5.41 Å². The summed E-state index contributed by atoms with van der Waals surface area (Å²) in [5.41, 5.74) is 2.39. The van der Waals surface area contributed by atoms with Crippen LogP contribution in [0, 0.1) is 5.41 Å². The number of hydrogen-bond acceptors (Lipinski definition) is 2. The summed E-state index contributed by atoms with van der Waals surface area (Å²) in [5.74, 6) is 0. The van der Waals surface area contributed by atoms with Crippen molar-refractivity contribution >= 4 is 11.0 Å². The molecule has 0 spiro atoms. The number of aromatic nitrogens is 2. The van der Waals surface area contributed by atoms with Crippen LogP contribution < -0.4 is 5.62 Å². The Bertz CT molecular complexity index is 587. The van der Waals surface area contributed by atoms with Crippen molar-refractivity contribution in [2.24, 2.45) is 0 Å². The van der Waals surface area contributed by atoms with Crippen LogP contribution >= 0.6 is 0 Å². The fourth-order valence-corrected chi connectivity index (χ4v) is 2.10. The van der Waals surface area contributed by atoms with Crippen LogP contribution in [0.1, 0.15) is 21.6 Å². The molecule has 2 rings (SSSR count). The number of aliphatic hydroxyl groups is 1. The minimum atomic E-state index is -0.562. The van der Waals surface area contributed by atoms with Gasteiger partial charge in [0.05, 0.1) is 23.7 Å². The van der Waals surface area contributed by atoms with E-state index in [1.54, 1.807) is 0 Å². The molecule has 0 aliphatic carbocycles. The standard InChI is InChI=1S/C13H19N3O/c1-3-10(17)9-16-12-8-6-5-7-11(12)15(4-2)13(16)14/h5-8,10,14,17H,3-4,9H2,1-2H3/i1D. The Labute approximate surface area is 102 Å². The van der Waals surface area contributed by atoms with Gasteiger partial charge in [-0.15, -0.1) is 0 Å². The monoisotopic (exact) mass is 234 g/mol. The molecule has 0 saturated carbocycles. The summed E-state index contributed by atoms with van der Waals surface area (Å²) in [4.78, 5) is 0. The van der Waals surface area contributed by atoms with Crippen molar-refractivity contribution in [2.75, 3.05) is 0 Å². The highest BCUT2D eigenvalue weighted by Gasteiger charge is 2.11. The van der Waals surface area contributed by atoms with Crippen molar-refractivity contribution in [3.63, 3.8) is 0 Å². The van der Waals surface area contributed by atoms with Gasteiger partial charge in [-0.2, -0.15) is 0 Å². The zero-order chi connectivity index (χ0) is 13.1. The minimum absolute atomic E-state index is 0.210. The summed E-state index contributed by atoms with van der Waals surface area (Å²) in [7, 11) is 0. The van der Waals surface area contributed by atoms with Crippen LogP contribution in [-0.2, 0) is 13.1 Å². The van der Waals surface area contributed by atoms with Crippen molar-refractivity contribution < 1.29 is 6.48 Å². The molecule has 4 heteroatoms. The highest BCUT2D eigenvalue weighted by atomic mass is 16.3. The molecular weight excluding hydrogens is 214 g/mol. The number of para-hydroxylation sites is 2. The minimum Gasteiger partial charge on any atom is -0.391 e. The van der Waals surface area contributed by atoms with Gasteiger partial charge >= 0.3 is 0 Å². The van der Waals surface area contributed by atoms with Crippen LogP contribution in [0.5, 0.6) is 0 Å². The molecule has 0 amide bonds. The average Bonchev–Trinajstić information content (AvgIpc) is 2.63. The van der Waals surface area contributed by atoms with E-state index in [2.05, 4.69) is 0 Å². The summed E-state index contributed by atoms with van der Waals surface area (Å²) in [6.07, 6.45) is -0.120. The first kappa shape index (κ1) is 10.6. The van der Waals surface area contributed by atoms with Gasteiger partial charge in [0.1, 0.15) is 0 Å². The van der Waals surface area contributed by atoms with Gasteiger partial charge in [-0.05, 0) is 25.5 Å². The first-order valence-electron chi connectivity index (χ1n) is 6.59. The predicted molar refractivity (Wildman–Crippen MR) is 67.8 cm³/mol. The molecule has 0 saturated heterocycles. The number of aryl methyl sites for hydroxylation is 1. The largest absolute Gasteiger partial charge is 0.391 e. The van der Waals surface area contributed by atoms with Crippen LogP contribution in [0.15, 0.2) is 24.3 Å². The summed E-state index contributed by atoms with van der Waals surface area (Å²) in [6, 6.07) is 7.85. The lowest BCUT2D eigenvalue weighted by atomic mass is 10.2. The second kappa shape index (κ2) is 4.75. The summed E-state index contributed by atoms with van der Waals surface area (Å²) in [6.45, 7) is 3.34. The Morgan fingerprint density at radius 2 is 2.00 bits per heavy atom. The molecule has 0 aliphatic heterocycles. The van der Waals surface area contributed by atoms with Crippen LogP contribution in [0.2, 0.25) is 0 Å². The van der Waals surface area contributed by atoms with Gasteiger partial charge in [0.2, 0.25) is 5.62 Å². The highest BCUT2D eigenvalue weighted by molar-refractivity contribution is 5.75. The van der Waals surface area contributed by atoms with Gasteiger partial charge in [-0.25, -0.2) is 0 Å². The molecule has 1 unspecified atom stereocenters. The lowest BCUT2D eigenvalue weighted by Gasteiger charge is -2.09. The lowest BCUT2D eigenvalue weighted by Crippen LogP contribution is -2.28. The Morgan fingerprint density at radius 3 is 2.59 bits per heavy atom. The van der Waals surface area contributed by atoms with Gasteiger partial charge in [0.25, 0.3) is 0 Å². The number of benzene rings is 1. The Morgan fingerprint density at radius 1 is 1.35 bits per heavy atom. The molecule has 17 heavy (non-hydrogen) atoms. The number of fused-ring (bicyclic) bond motifs is 1. The number of rotatable bonds is 4. The smallest absolute Gasteiger partial charge is 0.203 e. The predicted octanol–water partition coefficient (Wildman–Crippen LogP) is 1.71. The average molecular weight is 234 g/mol. The topological polar surface area (TPSA) is 53.9 Å². The molecular formula is C13H19N3O. The normalized spacial score (nSPS) is 13.9. The molecule has 1 heterocycles.